The molecule has 7 nitrogen and oxygen atoms in total. The number of aromatic amines is 1. The maximum absolute atomic E-state index is 13.2. The van der Waals surface area contributed by atoms with Crippen LogP contribution in [0.25, 0.3) is 0 Å². The molecule has 0 bridgehead atoms. The molecule has 1 aromatic carbocycles. The number of carboxylic acid groups (broad SMARTS) is 1. The second kappa shape index (κ2) is 7.28. The van der Waals surface area contributed by atoms with Crippen LogP contribution in [0.5, 0.6) is 0 Å². The van der Waals surface area contributed by atoms with Gasteiger partial charge in [-0.1, -0.05) is 23.7 Å². The quantitative estimate of drug-likeness (QED) is 0.734. The molecule has 1 aliphatic heterocycles. The standard InChI is InChI=1S/C18H19ClFN3O4/c1-10-14(19)15(22-21-10)16(25)23-7-6-13(24)18(9-23,17(26)27)8-11-2-4-12(20)5-3-11/h2-5,13,24H,6-9H2,1H3,(H,21,22)(H,26,27)/t13-,18+/m0/s1. The molecule has 27 heavy (non-hydrogen) atoms. The van der Waals surface area contributed by atoms with Crippen LogP contribution >= 0.6 is 11.6 Å². The van der Waals surface area contributed by atoms with Crippen molar-refractivity contribution in [2.75, 3.05) is 13.1 Å². The van der Waals surface area contributed by atoms with E-state index in [1.807, 2.05) is 0 Å². The zero-order chi connectivity index (χ0) is 19.8. The topological polar surface area (TPSA) is 107 Å². The predicted molar refractivity (Wildman–Crippen MR) is 95.0 cm³/mol. The number of aliphatic hydroxyl groups excluding tert-OH is 1. The van der Waals surface area contributed by atoms with E-state index >= 15 is 0 Å². The third-order valence-electron chi connectivity index (χ3n) is 5.00. The van der Waals surface area contributed by atoms with E-state index in [2.05, 4.69) is 10.2 Å². The number of piperidine rings is 1. The fourth-order valence-corrected chi connectivity index (χ4v) is 3.55. The van der Waals surface area contributed by atoms with Crippen molar-refractivity contribution in [3.8, 4) is 0 Å². The number of aliphatic carboxylic acids is 1. The number of nitrogens with one attached hydrogen (secondary N) is 1. The minimum atomic E-state index is -1.61. The lowest BCUT2D eigenvalue weighted by molar-refractivity contribution is -0.161. The van der Waals surface area contributed by atoms with Gasteiger partial charge in [0.05, 0.1) is 16.8 Å². The molecular formula is C18H19ClFN3O4. The molecular weight excluding hydrogens is 377 g/mol. The molecule has 2 atom stereocenters. The predicted octanol–water partition coefficient (Wildman–Crippen LogP) is 2.03. The van der Waals surface area contributed by atoms with Gasteiger partial charge in [0.15, 0.2) is 5.69 Å². The molecule has 0 unspecified atom stereocenters. The first-order valence-electron chi connectivity index (χ1n) is 8.40. The number of aliphatic hydroxyl groups is 1. The maximum Gasteiger partial charge on any atom is 0.314 e. The van der Waals surface area contributed by atoms with E-state index in [-0.39, 0.29) is 36.6 Å². The number of aromatic nitrogens is 2. The van der Waals surface area contributed by atoms with E-state index in [0.717, 1.165) is 0 Å². The molecule has 0 spiro atoms. The Labute approximate surface area is 159 Å². The van der Waals surface area contributed by atoms with Crippen molar-refractivity contribution in [2.24, 2.45) is 5.41 Å². The molecule has 1 fully saturated rings. The molecule has 0 radical (unpaired) electrons. The first kappa shape index (κ1) is 19.3. The number of benzene rings is 1. The highest BCUT2D eigenvalue weighted by atomic mass is 35.5. The average Bonchev–Trinajstić information content (AvgIpc) is 2.97. The number of H-pyrrole nitrogens is 1. The highest BCUT2D eigenvalue weighted by Crippen LogP contribution is 2.36. The SMILES string of the molecule is Cc1[nH]nc(C(=O)N2CC[C@H](O)[C@](Cc3ccc(F)cc3)(C(=O)O)C2)c1Cl. The molecule has 144 valence electrons. The Bertz CT molecular complexity index is 870. The fourth-order valence-electron chi connectivity index (χ4n) is 3.39. The van der Waals surface area contributed by atoms with Gasteiger partial charge in [-0.05, 0) is 37.5 Å². The molecule has 3 N–H and O–H groups in total. The van der Waals surface area contributed by atoms with E-state index < -0.39 is 29.2 Å². The summed E-state index contributed by atoms with van der Waals surface area (Å²) in [6.45, 7) is 1.64. The molecule has 1 saturated heterocycles. The van der Waals surface area contributed by atoms with Gasteiger partial charge in [0.25, 0.3) is 5.91 Å². The zero-order valence-electron chi connectivity index (χ0n) is 14.6. The molecule has 2 heterocycles. The maximum atomic E-state index is 13.2. The Hall–Kier alpha value is -2.45. The average molecular weight is 396 g/mol. The second-order valence-electron chi connectivity index (χ2n) is 6.81. The van der Waals surface area contributed by atoms with Crippen LogP contribution in [0.4, 0.5) is 4.39 Å². The van der Waals surface area contributed by atoms with Crippen molar-refractivity contribution < 1.29 is 24.2 Å². The number of carboxylic acids is 1. The Kier molecular flexibility index (Phi) is 5.21. The number of hydrogen-bond donors (Lipinski definition) is 3. The molecule has 0 saturated carbocycles. The van der Waals surface area contributed by atoms with Gasteiger partial charge in [0, 0.05) is 13.1 Å². The van der Waals surface area contributed by atoms with Crippen LogP contribution in [0.2, 0.25) is 5.02 Å². The third-order valence-corrected chi connectivity index (χ3v) is 5.47. The van der Waals surface area contributed by atoms with Crippen molar-refractivity contribution in [1.82, 2.24) is 15.1 Å². The second-order valence-corrected chi connectivity index (χ2v) is 7.18. The molecule has 1 amide bonds. The Morgan fingerprint density at radius 2 is 2.07 bits per heavy atom. The summed E-state index contributed by atoms with van der Waals surface area (Å²) in [4.78, 5) is 26.2. The summed E-state index contributed by atoms with van der Waals surface area (Å²) in [5.74, 6) is -2.16. The lowest BCUT2D eigenvalue weighted by Crippen LogP contribution is -2.58. The number of aryl methyl sites for hydroxylation is 1. The summed E-state index contributed by atoms with van der Waals surface area (Å²) in [6, 6.07) is 5.41. The van der Waals surface area contributed by atoms with Gasteiger partial charge in [0.1, 0.15) is 11.2 Å². The van der Waals surface area contributed by atoms with Crippen LogP contribution in [-0.4, -0.2) is 56.4 Å². The molecule has 1 aliphatic rings. The number of nitrogens with zero attached hydrogens (tertiary/aromatic N) is 2. The number of likely N-dealkylation sites (tertiary alicyclic amines) is 1. The lowest BCUT2D eigenvalue weighted by Gasteiger charge is -2.43. The largest absolute Gasteiger partial charge is 0.481 e. The highest BCUT2D eigenvalue weighted by molar-refractivity contribution is 6.34. The summed E-state index contributed by atoms with van der Waals surface area (Å²) < 4.78 is 13.2. The molecule has 0 aliphatic carbocycles. The molecule has 3 rings (SSSR count). The number of hydrogen-bond acceptors (Lipinski definition) is 4. The normalized spacial score (nSPS) is 22.7. The van der Waals surface area contributed by atoms with Crippen LogP contribution in [0.1, 0.15) is 28.2 Å². The van der Waals surface area contributed by atoms with Crippen molar-refractivity contribution in [1.29, 1.82) is 0 Å². The van der Waals surface area contributed by atoms with Gasteiger partial charge in [-0.3, -0.25) is 14.7 Å². The number of carbonyl (C=O) groups excluding carboxylic acids is 1. The minimum Gasteiger partial charge on any atom is -0.481 e. The summed E-state index contributed by atoms with van der Waals surface area (Å²) in [5, 5.41) is 27.1. The van der Waals surface area contributed by atoms with Crippen molar-refractivity contribution in [2.45, 2.75) is 25.9 Å². The van der Waals surface area contributed by atoms with E-state index in [1.54, 1.807) is 6.92 Å². The summed E-state index contributed by atoms with van der Waals surface area (Å²) in [7, 11) is 0. The van der Waals surface area contributed by atoms with Crippen LogP contribution in [0.15, 0.2) is 24.3 Å². The van der Waals surface area contributed by atoms with Crippen molar-refractivity contribution in [3.05, 3.63) is 52.1 Å². The van der Waals surface area contributed by atoms with E-state index in [9.17, 15) is 24.2 Å². The number of carbonyl (C=O) groups is 2. The third kappa shape index (κ3) is 3.54. The summed E-state index contributed by atoms with van der Waals surface area (Å²) in [6.07, 6.45) is -1.10. The van der Waals surface area contributed by atoms with E-state index in [4.69, 9.17) is 11.6 Å². The Morgan fingerprint density at radius 3 is 2.63 bits per heavy atom. The highest BCUT2D eigenvalue weighted by Gasteiger charge is 2.50. The first-order chi connectivity index (χ1) is 12.7. The monoisotopic (exact) mass is 395 g/mol. The van der Waals surface area contributed by atoms with Crippen LogP contribution < -0.4 is 0 Å². The first-order valence-corrected chi connectivity index (χ1v) is 8.78. The van der Waals surface area contributed by atoms with Gasteiger partial charge >= 0.3 is 5.97 Å². The van der Waals surface area contributed by atoms with Gasteiger partial charge in [0.2, 0.25) is 0 Å². The molecule has 2 aromatic rings. The molecule has 1 aromatic heterocycles. The lowest BCUT2D eigenvalue weighted by atomic mass is 9.72. The smallest absolute Gasteiger partial charge is 0.314 e. The van der Waals surface area contributed by atoms with E-state index in [0.29, 0.717) is 11.3 Å². The summed E-state index contributed by atoms with van der Waals surface area (Å²) in [5.41, 5.74) is -0.496. The zero-order valence-corrected chi connectivity index (χ0v) is 15.3. The fraction of sp³-hybridized carbons (Fsp3) is 0.389. The van der Waals surface area contributed by atoms with Crippen LogP contribution in [0.3, 0.4) is 0 Å². The van der Waals surface area contributed by atoms with Gasteiger partial charge in [-0.25, -0.2) is 4.39 Å². The Morgan fingerprint density at radius 1 is 1.41 bits per heavy atom. The van der Waals surface area contributed by atoms with Crippen LogP contribution in [-0.2, 0) is 11.2 Å². The Balaban J connectivity index is 1.90. The number of rotatable bonds is 4. The number of amides is 1. The van der Waals surface area contributed by atoms with Crippen molar-refractivity contribution in [3.63, 3.8) is 0 Å². The number of halogens is 2. The summed E-state index contributed by atoms with van der Waals surface area (Å²) >= 11 is 6.09. The van der Waals surface area contributed by atoms with E-state index in [1.165, 1.54) is 29.2 Å². The van der Waals surface area contributed by atoms with Gasteiger partial charge < -0.3 is 15.1 Å². The minimum absolute atomic E-state index is 0.0200. The van der Waals surface area contributed by atoms with Crippen LogP contribution in [0, 0.1) is 18.2 Å². The van der Waals surface area contributed by atoms with Gasteiger partial charge in [-0.2, -0.15) is 5.10 Å². The van der Waals surface area contributed by atoms with Crippen molar-refractivity contribution >= 4 is 23.5 Å². The van der Waals surface area contributed by atoms with Gasteiger partial charge in [-0.15, -0.1) is 0 Å². The molecule has 9 heteroatoms.